The number of imidazole rings is 1. The topological polar surface area (TPSA) is 109 Å². The molecule has 0 fully saturated rings. The molecule has 0 aliphatic rings. The number of hydrogen-bond donors (Lipinski definition) is 1. The van der Waals surface area contributed by atoms with Gasteiger partial charge >= 0.3 is 0 Å². The summed E-state index contributed by atoms with van der Waals surface area (Å²) in [6.07, 6.45) is 5.24. The third-order valence-electron chi connectivity index (χ3n) is 1.98. The van der Waals surface area contributed by atoms with Gasteiger partial charge in [0.2, 0.25) is 0 Å². The van der Waals surface area contributed by atoms with Crippen molar-refractivity contribution < 1.29 is 19.8 Å². The van der Waals surface area contributed by atoms with Gasteiger partial charge in [0.1, 0.15) is 0 Å². The molecular weight excluding hydrogens is 348 g/mol. The highest BCUT2D eigenvalue weighted by atomic mass is 79.9. The number of aromatic amines is 1. The van der Waals surface area contributed by atoms with E-state index in [1.807, 2.05) is 6.20 Å². The van der Waals surface area contributed by atoms with Gasteiger partial charge in [0, 0.05) is 18.3 Å². The molecule has 0 unspecified atom stereocenters. The first-order chi connectivity index (χ1) is 9.49. The number of carboxylic acid groups (broad SMARTS) is 2. The molecule has 0 aliphatic carbocycles. The van der Waals surface area contributed by atoms with E-state index in [4.69, 9.17) is 0 Å². The van der Waals surface area contributed by atoms with E-state index in [-0.39, 0.29) is 0 Å². The summed E-state index contributed by atoms with van der Waals surface area (Å²) in [5, 5.41) is 20.9. The number of aliphatic carboxylic acids is 2. The van der Waals surface area contributed by atoms with Crippen LogP contribution in [-0.4, -0.2) is 21.9 Å². The minimum absolute atomic E-state index is 0.384. The van der Waals surface area contributed by atoms with E-state index in [0.29, 0.717) is 12.2 Å². The van der Waals surface area contributed by atoms with Crippen LogP contribution in [0.3, 0.4) is 0 Å². The molecular formula is C12H9BrN2O4S-2. The third-order valence-corrected chi connectivity index (χ3v) is 3.80. The van der Waals surface area contributed by atoms with Crippen molar-refractivity contribution in [3.8, 4) is 0 Å². The van der Waals surface area contributed by atoms with Crippen molar-refractivity contribution in [1.82, 2.24) is 9.97 Å². The number of rotatable bonds is 4. The fraction of sp³-hybridized carbons (Fsp3) is 0.0833. The number of thiophene rings is 1. The lowest BCUT2D eigenvalue weighted by atomic mass is 10.2. The number of aromatic nitrogens is 2. The van der Waals surface area contributed by atoms with E-state index in [2.05, 4.69) is 37.3 Å². The van der Waals surface area contributed by atoms with Crippen LogP contribution < -0.4 is 10.2 Å². The summed E-state index contributed by atoms with van der Waals surface area (Å²) in [7, 11) is 0. The second-order valence-corrected chi connectivity index (χ2v) is 5.68. The second kappa shape index (κ2) is 8.28. The Morgan fingerprint density at radius 1 is 1.35 bits per heavy atom. The Hall–Kier alpha value is -1.93. The van der Waals surface area contributed by atoms with Crippen LogP contribution in [0.15, 0.2) is 39.9 Å². The van der Waals surface area contributed by atoms with Crippen molar-refractivity contribution in [3.63, 3.8) is 0 Å². The molecule has 1 N–H and O–H groups in total. The number of carboxylic acids is 2. The number of nitrogens with zero attached hydrogens (tertiary/aromatic N) is 1. The molecule has 0 saturated carbocycles. The van der Waals surface area contributed by atoms with Crippen molar-refractivity contribution in [2.45, 2.75) is 6.42 Å². The van der Waals surface area contributed by atoms with Crippen LogP contribution in [0.1, 0.15) is 11.3 Å². The first-order valence-electron chi connectivity index (χ1n) is 5.28. The zero-order chi connectivity index (χ0) is 15.0. The molecule has 106 valence electrons. The van der Waals surface area contributed by atoms with Crippen molar-refractivity contribution in [2.75, 3.05) is 0 Å². The molecule has 2 aromatic heterocycles. The van der Waals surface area contributed by atoms with Crippen LogP contribution in [0.5, 0.6) is 0 Å². The maximum Gasteiger partial charge on any atom is 0.0921 e. The van der Waals surface area contributed by atoms with Crippen LogP contribution in [0.4, 0.5) is 0 Å². The molecule has 6 nitrogen and oxygen atoms in total. The molecule has 0 amide bonds. The van der Waals surface area contributed by atoms with E-state index >= 15 is 0 Å². The van der Waals surface area contributed by atoms with Gasteiger partial charge in [-0.05, 0) is 45.1 Å². The monoisotopic (exact) mass is 356 g/mol. The fourth-order valence-electron chi connectivity index (χ4n) is 1.17. The van der Waals surface area contributed by atoms with Crippen molar-refractivity contribution in [1.29, 1.82) is 0 Å². The van der Waals surface area contributed by atoms with Crippen LogP contribution in [-0.2, 0) is 16.0 Å². The lowest BCUT2D eigenvalue weighted by Gasteiger charge is -1.94. The molecule has 0 aliphatic heterocycles. The van der Waals surface area contributed by atoms with E-state index in [9.17, 15) is 19.8 Å². The van der Waals surface area contributed by atoms with Gasteiger partial charge in [-0.3, -0.25) is 0 Å². The van der Waals surface area contributed by atoms with E-state index in [1.165, 1.54) is 9.35 Å². The molecule has 8 heteroatoms. The summed E-state index contributed by atoms with van der Waals surface area (Å²) < 4.78 is 1.21. The van der Waals surface area contributed by atoms with Gasteiger partial charge in [-0.1, -0.05) is 0 Å². The largest absolute Gasteiger partial charge is 0.545 e. The molecule has 2 rings (SSSR count). The molecule has 2 aromatic rings. The quantitative estimate of drug-likeness (QED) is 0.767. The van der Waals surface area contributed by atoms with Crippen LogP contribution in [0, 0.1) is 0 Å². The minimum Gasteiger partial charge on any atom is -0.545 e. The average molecular weight is 357 g/mol. The highest BCUT2D eigenvalue weighted by Gasteiger charge is 2.02. The molecule has 20 heavy (non-hydrogen) atoms. The molecule has 0 aromatic carbocycles. The van der Waals surface area contributed by atoms with E-state index < -0.39 is 11.9 Å². The van der Waals surface area contributed by atoms with E-state index in [1.54, 1.807) is 17.7 Å². The third kappa shape index (κ3) is 6.30. The molecule has 0 saturated heterocycles. The Labute approximate surface area is 126 Å². The first-order valence-corrected chi connectivity index (χ1v) is 6.95. The number of hydrogen-bond acceptors (Lipinski definition) is 6. The van der Waals surface area contributed by atoms with Gasteiger partial charge < -0.3 is 24.8 Å². The van der Waals surface area contributed by atoms with Gasteiger partial charge in [0.15, 0.2) is 0 Å². The molecule has 2 heterocycles. The number of halogens is 1. The summed E-state index contributed by atoms with van der Waals surface area (Å²) in [5.41, 5.74) is 2.46. The number of carbonyl (C=O) groups excluding carboxylic acids is 2. The molecule has 0 atom stereocenters. The number of carbonyl (C=O) groups is 2. The standard InChI is InChI=1S/C8H7BrN2S.C4H4O4/c9-8-6(1-2-12-8)3-7-4-10-5-11-7;5-3(6)1-2-4(7)8/h1-2,4-5H,3H2,(H,10,11);1-2H,(H,5,6)(H,7,8)/p-2/b;2-1+. The van der Waals surface area contributed by atoms with Gasteiger partial charge in [-0.25, -0.2) is 4.98 Å². The zero-order valence-electron chi connectivity index (χ0n) is 10.0. The van der Waals surface area contributed by atoms with E-state index in [0.717, 1.165) is 12.1 Å². The summed E-state index contributed by atoms with van der Waals surface area (Å²) in [6.45, 7) is 0. The summed E-state index contributed by atoms with van der Waals surface area (Å²) in [5.74, 6) is -3.09. The summed E-state index contributed by atoms with van der Waals surface area (Å²) >= 11 is 5.20. The Balaban J connectivity index is 0.000000221. The average Bonchev–Trinajstić information content (AvgIpc) is 3.01. The second-order valence-electron chi connectivity index (χ2n) is 3.44. The normalized spacial score (nSPS) is 10.1. The molecule has 0 bridgehead atoms. The SMILES string of the molecule is Brc1sccc1Cc1cnc[nH]1.O=C([O-])/C=C/C(=O)[O-]. The van der Waals surface area contributed by atoms with Crippen molar-refractivity contribution in [2.24, 2.45) is 0 Å². The molecule has 0 spiro atoms. The number of H-pyrrole nitrogens is 1. The van der Waals surface area contributed by atoms with Crippen molar-refractivity contribution in [3.05, 3.63) is 51.2 Å². The minimum atomic E-state index is -1.55. The van der Waals surface area contributed by atoms with Crippen LogP contribution >= 0.6 is 27.3 Å². The summed E-state index contributed by atoms with van der Waals surface area (Å²) in [4.78, 5) is 25.9. The van der Waals surface area contributed by atoms with Gasteiger partial charge in [0.05, 0.1) is 22.1 Å². The number of nitrogens with one attached hydrogen (secondary N) is 1. The Bertz CT molecular complexity index is 576. The lowest BCUT2D eigenvalue weighted by molar-refractivity contribution is -0.301. The smallest absolute Gasteiger partial charge is 0.0921 e. The first kappa shape index (κ1) is 16.1. The highest BCUT2D eigenvalue weighted by molar-refractivity contribution is 9.11. The van der Waals surface area contributed by atoms with Crippen LogP contribution in [0.25, 0.3) is 0 Å². The van der Waals surface area contributed by atoms with Crippen molar-refractivity contribution >= 4 is 39.2 Å². The maximum atomic E-state index is 9.41. The maximum absolute atomic E-state index is 9.41. The Morgan fingerprint density at radius 3 is 2.40 bits per heavy atom. The molecule has 0 radical (unpaired) electrons. The zero-order valence-corrected chi connectivity index (χ0v) is 12.4. The fourth-order valence-corrected chi connectivity index (χ4v) is 2.41. The predicted molar refractivity (Wildman–Crippen MR) is 72.6 cm³/mol. The predicted octanol–water partition coefficient (Wildman–Crippen LogP) is -0.133. The van der Waals surface area contributed by atoms with Gasteiger partial charge in [0.25, 0.3) is 0 Å². The Morgan fingerprint density at radius 2 is 2.00 bits per heavy atom. The highest BCUT2D eigenvalue weighted by Crippen LogP contribution is 2.24. The van der Waals surface area contributed by atoms with Crippen LogP contribution in [0.2, 0.25) is 0 Å². The van der Waals surface area contributed by atoms with Gasteiger partial charge in [-0.15, -0.1) is 11.3 Å². The summed E-state index contributed by atoms with van der Waals surface area (Å²) in [6, 6.07) is 2.12. The lowest BCUT2D eigenvalue weighted by Crippen LogP contribution is -2.23. The Kier molecular flexibility index (Phi) is 6.68. The van der Waals surface area contributed by atoms with Gasteiger partial charge in [-0.2, -0.15) is 0 Å².